The summed E-state index contributed by atoms with van der Waals surface area (Å²) >= 11 is 1.65. The molecule has 0 unspecified atom stereocenters. The summed E-state index contributed by atoms with van der Waals surface area (Å²) in [5.41, 5.74) is 0.664. The molecule has 0 radical (unpaired) electrons. The number of nitrogens with zero attached hydrogens (tertiary/aromatic N) is 1. The molecule has 2 aromatic rings. The number of rotatable bonds is 3. The Balaban J connectivity index is 1.94. The van der Waals surface area contributed by atoms with Crippen molar-refractivity contribution in [3.63, 3.8) is 0 Å². The lowest BCUT2D eigenvalue weighted by atomic mass is 10.4. The van der Waals surface area contributed by atoms with Crippen LogP contribution in [0.3, 0.4) is 0 Å². The van der Waals surface area contributed by atoms with Gasteiger partial charge in [-0.1, -0.05) is 0 Å². The van der Waals surface area contributed by atoms with Crippen LogP contribution in [0.5, 0.6) is 0 Å². The molecule has 16 heavy (non-hydrogen) atoms. The number of amides is 1. The van der Waals surface area contributed by atoms with Gasteiger partial charge < -0.3 is 5.32 Å². The van der Waals surface area contributed by atoms with Crippen molar-refractivity contribution in [3.8, 4) is 0 Å². The van der Waals surface area contributed by atoms with Gasteiger partial charge in [0, 0.05) is 22.0 Å². The Kier molecular flexibility index (Phi) is 3.16. The molecule has 2 aromatic heterocycles. The largest absolute Gasteiger partial charge is 0.320 e. The van der Waals surface area contributed by atoms with Gasteiger partial charge in [-0.05, 0) is 25.1 Å². The summed E-state index contributed by atoms with van der Waals surface area (Å²) in [6, 6.07) is 4.01. The first kappa shape index (κ1) is 10.6. The summed E-state index contributed by atoms with van der Waals surface area (Å²) in [6.45, 7) is 2.04. The van der Waals surface area contributed by atoms with Gasteiger partial charge in [-0.3, -0.25) is 9.89 Å². The zero-order valence-electron chi connectivity index (χ0n) is 8.73. The predicted octanol–water partition coefficient (Wildman–Crippen LogP) is 2.43. The van der Waals surface area contributed by atoms with Gasteiger partial charge in [0.2, 0.25) is 5.91 Å². The maximum absolute atomic E-state index is 11.5. The van der Waals surface area contributed by atoms with Crippen LogP contribution < -0.4 is 5.32 Å². The summed E-state index contributed by atoms with van der Waals surface area (Å²) in [4.78, 5) is 13.8. The number of thiophene rings is 1. The molecule has 0 saturated carbocycles. The molecule has 5 heteroatoms. The van der Waals surface area contributed by atoms with E-state index in [4.69, 9.17) is 0 Å². The Hall–Kier alpha value is -1.88. The number of carbonyl (C=O) groups excluding carboxylic acids is 1. The highest BCUT2D eigenvalue weighted by Gasteiger charge is 1.98. The Morgan fingerprint density at radius 1 is 1.56 bits per heavy atom. The Morgan fingerprint density at radius 2 is 2.44 bits per heavy atom. The maximum atomic E-state index is 11.5. The van der Waals surface area contributed by atoms with Crippen molar-refractivity contribution < 1.29 is 4.79 Å². The van der Waals surface area contributed by atoms with Crippen LogP contribution in [0.25, 0.3) is 6.08 Å². The number of aromatic amines is 1. The lowest BCUT2D eigenvalue weighted by Crippen LogP contribution is -2.06. The van der Waals surface area contributed by atoms with Crippen LogP contribution >= 0.6 is 11.3 Å². The molecule has 2 rings (SSSR count). The molecule has 2 N–H and O–H groups in total. The maximum Gasteiger partial charge on any atom is 0.248 e. The number of carbonyl (C=O) groups is 1. The van der Waals surface area contributed by atoms with Crippen molar-refractivity contribution in [2.75, 3.05) is 5.32 Å². The molecule has 0 bridgehead atoms. The molecule has 0 aliphatic heterocycles. The molecule has 82 valence electrons. The number of hydrogen-bond acceptors (Lipinski definition) is 3. The van der Waals surface area contributed by atoms with Crippen LogP contribution in [-0.4, -0.2) is 16.1 Å². The van der Waals surface area contributed by atoms with Gasteiger partial charge in [0.25, 0.3) is 0 Å². The Bertz CT molecular complexity index is 499. The van der Waals surface area contributed by atoms with Gasteiger partial charge in [-0.15, -0.1) is 11.3 Å². The second kappa shape index (κ2) is 4.76. The predicted molar refractivity (Wildman–Crippen MR) is 65.3 cm³/mol. The number of nitrogens with one attached hydrogen (secondary N) is 2. The smallest absolute Gasteiger partial charge is 0.248 e. The van der Waals surface area contributed by atoms with Crippen LogP contribution in [0.1, 0.15) is 9.75 Å². The van der Waals surface area contributed by atoms with Gasteiger partial charge in [0.05, 0.1) is 11.9 Å². The van der Waals surface area contributed by atoms with Crippen LogP contribution in [0.4, 0.5) is 5.69 Å². The average Bonchev–Trinajstić information content (AvgIpc) is 2.87. The van der Waals surface area contributed by atoms with Gasteiger partial charge in [0.1, 0.15) is 0 Å². The monoisotopic (exact) mass is 233 g/mol. The summed E-state index contributed by atoms with van der Waals surface area (Å²) in [6.07, 6.45) is 6.49. The fourth-order valence-corrected chi connectivity index (χ4v) is 1.98. The molecular formula is C11H11N3OS. The first-order chi connectivity index (χ1) is 7.74. The highest BCUT2D eigenvalue weighted by Crippen LogP contribution is 2.16. The minimum absolute atomic E-state index is 0.160. The third-order valence-corrected chi connectivity index (χ3v) is 2.89. The zero-order valence-corrected chi connectivity index (χ0v) is 9.54. The molecule has 0 saturated heterocycles. The minimum Gasteiger partial charge on any atom is -0.320 e. The van der Waals surface area contributed by atoms with Gasteiger partial charge in [-0.2, -0.15) is 5.10 Å². The number of anilines is 1. The first-order valence-corrected chi connectivity index (χ1v) is 5.60. The van der Waals surface area contributed by atoms with Crippen LogP contribution in [-0.2, 0) is 4.79 Å². The second-order valence-electron chi connectivity index (χ2n) is 3.26. The van der Waals surface area contributed by atoms with Crippen molar-refractivity contribution in [3.05, 3.63) is 40.4 Å². The van der Waals surface area contributed by atoms with Gasteiger partial charge >= 0.3 is 0 Å². The summed E-state index contributed by atoms with van der Waals surface area (Å²) < 4.78 is 0. The van der Waals surface area contributed by atoms with Crippen molar-refractivity contribution in [1.29, 1.82) is 0 Å². The average molecular weight is 233 g/mol. The van der Waals surface area contributed by atoms with E-state index in [0.717, 1.165) is 4.88 Å². The third-order valence-electron chi connectivity index (χ3n) is 1.93. The fourth-order valence-electron chi connectivity index (χ4n) is 1.20. The summed E-state index contributed by atoms with van der Waals surface area (Å²) in [5, 5.41) is 9.04. The van der Waals surface area contributed by atoms with Crippen molar-refractivity contribution in [2.24, 2.45) is 0 Å². The van der Waals surface area contributed by atoms with E-state index in [2.05, 4.69) is 15.5 Å². The van der Waals surface area contributed by atoms with E-state index in [-0.39, 0.29) is 5.91 Å². The molecule has 2 heterocycles. The molecular weight excluding hydrogens is 222 g/mol. The molecule has 4 nitrogen and oxygen atoms in total. The highest BCUT2D eigenvalue weighted by molar-refractivity contribution is 7.12. The summed E-state index contributed by atoms with van der Waals surface area (Å²) in [7, 11) is 0. The molecule has 0 spiro atoms. The highest BCUT2D eigenvalue weighted by atomic mass is 32.1. The lowest BCUT2D eigenvalue weighted by Gasteiger charge is -1.94. The minimum atomic E-state index is -0.160. The Morgan fingerprint density at radius 3 is 3.06 bits per heavy atom. The van der Waals surface area contributed by atoms with Crippen molar-refractivity contribution in [1.82, 2.24) is 10.2 Å². The number of H-pyrrole nitrogens is 1. The molecule has 0 fully saturated rings. The fraction of sp³-hybridized carbons (Fsp3) is 0.0909. The van der Waals surface area contributed by atoms with Gasteiger partial charge in [0.15, 0.2) is 0 Å². The molecule has 0 aliphatic carbocycles. The van der Waals surface area contributed by atoms with Crippen molar-refractivity contribution in [2.45, 2.75) is 6.92 Å². The summed E-state index contributed by atoms with van der Waals surface area (Å²) in [5.74, 6) is -0.160. The quantitative estimate of drug-likeness (QED) is 0.800. The molecule has 1 amide bonds. The second-order valence-corrected chi connectivity index (χ2v) is 4.58. The van der Waals surface area contributed by atoms with Crippen LogP contribution in [0.15, 0.2) is 30.6 Å². The van der Waals surface area contributed by atoms with Crippen LogP contribution in [0.2, 0.25) is 0 Å². The number of aryl methyl sites for hydroxylation is 1. The zero-order chi connectivity index (χ0) is 11.4. The molecule has 0 aromatic carbocycles. The van der Waals surface area contributed by atoms with E-state index >= 15 is 0 Å². The van der Waals surface area contributed by atoms with E-state index in [1.165, 1.54) is 11.0 Å². The molecule has 0 aliphatic rings. The van der Waals surface area contributed by atoms with E-state index in [1.54, 1.807) is 29.8 Å². The van der Waals surface area contributed by atoms with Gasteiger partial charge in [-0.25, -0.2) is 0 Å². The van der Waals surface area contributed by atoms with E-state index in [0.29, 0.717) is 5.69 Å². The third kappa shape index (κ3) is 2.80. The Labute approximate surface area is 97.0 Å². The SMILES string of the molecule is Cc1ccc(/C=C/C(=O)Nc2cn[nH]c2)s1. The lowest BCUT2D eigenvalue weighted by molar-refractivity contribution is -0.111. The normalized spacial score (nSPS) is 10.8. The van der Waals surface area contributed by atoms with Crippen molar-refractivity contribution >= 4 is 29.0 Å². The van der Waals surface area contributed by atoms with Crippen LogP contribution in [0, 0.1) is 6.92 Å². The number of aromatic nitrogens is 2. The number of hydrogen-bond donors (Lipinski definition) is 2. The van der Waals surface area contributed by atoms with E-state index in [1.807, 2.05) is 19.1 Å². The molecule has 0 atom stereocenters. The standard InChI is InChI=1S/C11H11N3OS/c1-8-2-3-10(16-8)4-5-11(15)14-9-6-12-13-7-9/h2-7H,1H3,(H,12,13)(H,14,15)/b5-4+. The topological polar surface area (TPSA) is 57.8 Å². The first-order valence-electron chi connectivity index (χ1n) is 4.78. The van der Waals surface area contributed by atoms with E-state index < -0.39 is 0 Å². The van der Waals surface area contributed by atoms with E-state index in [9.17, 15) is 4.79 Å².